The first-order valence-corrected chi connectivity index (χ1v) is 6.07. The summed E-state index contributed by atoms with van der Waals surface area (Å²) in [6.45, 7) is 3.69. The molecule has 0 radical (unpaired) electrons. The Morgan fingerprint density at radius 1 is 1.41 bits per heavy atom. The van der Waals surface area contributed by atoms with Gasteiger partial charge in [0, 0.05) is 25.2 Å². The van der Waals surface area contributed by atoms with Gasteiger partial charge in [-0.3, -0.25) is 4.90 Å². The number of halogens is 1. The quantitative estimate of drug-likeness (QED) is 0.861. The van der Waals surface area contributed by atoms with Crippen LogP contribution in [0.4, 0.5) is 4.39 Å². The Morgan fingerprint density at radius 3 is 3.00 bits per heavy atom. The number of hydrogen-bond donors (Lipinski definition) is 1. The van der Waals surface area contributed by atoms with Gasteiger partial charge in [-0.05, 0) is 19.0 Å². The number of benzene rings is 1. The third-order valence-electron chi connectivity index (χ3n) is 3.06. The minimum Gasteiger partial charge on any atom is -0.376 e. The van der Waals surface area contributed by atoms with Crippen LogP contribution in [0.5, 0.6) is 0 Å². The van der Waals surface area contributed by atoms with Crippen LogP contribution in [0.1, 0.15) is 12.0 Å². The molecule has 1 fully saturated rings. The molecule has 1 aromatic carbocycles. The van der Waals surface area contributed by atoms with Crippen molar-refractivity contribution < 1.29 is 9.13 Å². The highest BCUT2D eigenvalue weighted by Crippen LogP contribution is 2.14. The molecular weight excluding hydrogens is 219 g/mol. The van der Waals surface area contributed by atoms with Crippen molar-refractivity contribution in [2.24, 2.45) is 5.73 Å². The summed E-state index contributed by atoms with van der Waals surface area (Å²) in [4.78, 5) is 2.22. The first-order valence-electron chi connectivity index (χ1n) is 6.07. The summed E-state index contributed by atoms with van der Waals surface area (Å²) < 4.78 is 19.1. The van der Waals surface area contributed by atoms with Crippen LogP contribution >= 0.6 is 0 Å². The van der Waals surface area contributed by atoms with Crippen LogP contribution < -0.4 is 5.73 Å². The zero-order valence-corrected chi connectivity index (χ0v) is 9.94. The van der Waals surface area contributed by atoms with E-state index >= 15 is 0 Å². The molecule has 1 aliphatic rings. The molecule has 0 bridgehead atoms. The van der Waals surface area contributed by atoms with Gasteiger partial charge >= 0.3 is 0 Å². The monoisotopic (exact) mass is 238 g/mol. The van der Waals surface area contributed by atoms with E-state index in [4.69, 9.17) is 10.5 Å². The fraction of sp³-hybridized carbons (Fsp3) is 0.538. The predicted molar refractivity (Wildman–Crippen MR) is 65.1 cm³/mol. The zero-order valence-electron chi connectivity index (χ0n) is 9.94. The first kappa shape index (κ1) is 12.5. The minimum atomic E-state index is -0.130. The Balaban J connectivity index is 1.92. The third-order valence-corrected chi connectivity index (χ3v) is 3.06. The van der Waals surface area contributed by atoms with Crippen molar-refractivity contribution in [3.8, 4) is 0 Å². The van der Waals surface area contributed by atoms with Crippen molar-refractivity contribution in [1.29, 1.82) is 0 Å². The maximum atomic E-state index is 13.5. The molecule has 0 amide bonds. The molecule has 0 spiro atoms. The second-order valence-corrected chi connectivity index (χ2v) is 4.40. The summed E-state index contributed by atoms with van der Waals surface area (Å²) in [5.74, 6) is -0.130. The van der Waals surface area contributed by atoms with Crippen molar-refractivity contribution in [3.63, 3.8) is 0 Å². The van der Waals surface area contributed by atoms with Crippen LogP contribution in [0, 0.1) is 5.82 Å². The average Bonchev–Trinajstić information content (AvgIpc) is 2.33. The standard InChI is InChI=1S/C13H19FN2O/c14-13-4-2-1-3-11(13)9-16-7-8-17-12(10-16)5-6-15/h1-4,12H,5-10,15H2. The lowest BCUT2D eigenvalue weighted by Gasteiger charge is -2.32. The Labute approximate surface area is 101 Å². The lowest BCUT2D eigenvalue weighted by atomic mass is 10.1. The van der Waals surface area contributed by atoms with Gasteiger partial charge in [0.05, 0.1) is 12.7 Å². The van der Waals surface area contributed by atoms with Crippen molar-refractivity contribution in [1.82, 2.24) is 4.90 Å². The summed E-state index contributed by atoms with van der Waals surface area (Å²) in [6, 6.07) is 6.93. The molecule has 1 unspecified atom stereocenters. The summed E-state index contributed by atoms with van der Waals surface area (Å²) in [7, 11) is 0. The van der Waals surface area contributed by atoms with Crippen molar-refractivity contribution >= 4 is 0 Å². The predicted octanol–water partition coefficient (Wildman–Crippen LogP) is 1.38. The SMILES string of the molecule is NCCC1CN(Cc2ccccc2F)CCO1. The maximum Gasteiger partial charge on any atom is 0.127 e. The summed E-state index contributed by atoms with van der Waals surface area (Å²) in [5.41, 5.74) is 6.27. The van der Waals surface area contributed by atoms with Crippen LogP contribution in [0.3, 0.4) is 0 Å². The highest BCUT2D eigenvalue weighted by Gasteiger charge is 2.20. The number of nitrogens with two attached hydrogens (primary N) is 1. The molecule has 3 nitrogen and oxygen atoms in total. The number of morpholine rings is 1. The lowest BCUT2D eigenvalue weighted by molar-refractivity contribution is -0.0338. The van der Waals surface area contributed by atoms with Gasteiger partial charge in [-0.1, -0.05) is 18.2 Å². The molecule has 1 aromatic rings. The molecule has 17 heavy (non-hydrogen) atoms. The second kappa shape index (κ2) is 6.10. The number of rotatable bonds is 4. The molecule has 1 atom stereocenters. The highest BCUT2D eigenvalue weighted by molar-refractivity contribution is 5.17. The molecule has 94 valence electrons. The summed E-state index contributed by atoms with van der Waals surface area (Å²) >= 11 is 0. The number of ether oxygens (including phenoxy) is 1. The van der Waals surface area contributed by atoms with E-state index in [9.17, 15) is 4.39 Å². The molecule has 0 saturated carbocycles. The molecule has 2 N–H and O–H groups in total. The fourth-order valence-electron chi connectivity index (χ4n) is 2.15. The minimum absolute atomic E-state index is 0.130. The smallest absolute Gasteiger partial charge is 0.127 e. The fourth-order valence-corrected chi connectivity index (χ4v) is 2.15. The maximum absolute atomic E-state index is 13.5. The van der Waals surface area contributed by atoms with Gasteiger partial charge in [-0.2, -0.15) is 0 Å². The lowest BCUT2D eigenvalue weighted by Crippen LogP contribution is -2.42. The van der Waals surface area contributed by atoms with E-state index in [1.54, 1.807) is 6.07 Å². The highest BCUT2D eigenvalue weighted by atomic mass is 19.1. The van der Waals surface area contributed by atoms with Gasteiger partial charge in [0.2, 0.25) is 0 Å². The second-order valence-electron chi connectivity index (χ2n) is 4.40. The van der Waals surface area contributed by atoms with E-state index in [1.165, 1.54) is 6.07 Å². The van der Waals surface area contributed by atoms with E-state index in [-0.39, 0.29) is 11.9 Å². The number of hydrogen-bond acceptors (Lipinski definition) is 3. The van der Waals surface area contributed by atoms with Crippen molar-refractivity contribution in [2.45, 2.75) is 19.1 Å². The van der Waals surface area contributed by atoms with Crippen LogP contribution in [-0.2, 0) is 11.3 Å². The van der Waals surface area contributed by atoms with Crippen LogP contribution in [0.25, 0.3) is 0 Å². The third kappa shape index (κ3) is 3.49. The molecule has 0 aliphatic carbocycles. The van der Waals surface area contributed by atoms with Crippen molar-refractivity contribution in [2.75, 3.05) is 26.2 Å². The van der Waals surface area contributed by atoms with Crippen LogP contribution in [0.15, 0.2) is 24.3 Å². The molecule has 0 aromatic heterocycles. The Bertz CT molecular complexity index is 357. The zero-order chi connectivity index (χ0) is 12.1. The Morgan fingerprint density at radius 2 is 2.24 bits per heavy atom. The van der Waals surface area contributed by atoms with E-state index in [0.717, 1.165) is 25.1 Å². The molecule has 2 rings (SSSR count). The van der Waals surface area contributed by atoms with E-state index in [1.807, 2.05) is 12.1 Å². The van der Waals surface area contributed by atoms with Gasteiger partial charge in [0.1, 0.15) is 5.82 Å². The average molecular weight is 238 g/mol. The summed E-state index contributed by atoms with van der Waals surface area (Å²) in [6.07, 6.45) is 1.06. The van der Waals surface area contributed by atoms with Crippen molar-refractivity contribution in [3.05, 3.63) is 35.6 Å². The Kier molecular flexibility index (Phi) is 4.48. The normalized spacial score (nSPS) is 21.6. The largest absolute Gasteiger partial charge is 0.376 e. The van der Waals surface area contributed by atoms with Gasteiger partial charge in [-0.15, -0.1) is 0 Å². The first-order chi connectivity index (χ1) is 8.29. The van der Waals surface area contributed by atoms with E-state index in [2.05, 4.69) is 4.90 Å². The van der Waals surface area contributed by atoms with Crippen LogP contribution in [0.2, 0.25) is 0 Å². The van der Waals surface area contributed by atoms with Crippen LogP contribution in [-0.4, -0.2) is 37.2 Å². The molecule has 1 aliphatic heterocycles. The van der Waals surface area contributed by atoms with Gasteiger partial charge in [0.15, 0.2) is 0 Å². The van der Waals surface area contributed by atoms with E-state index in [0.29, 0.717) is 19.7 Å². The molecular formula is C13H19FN2O. The topological polar surface area (TPSA) is 38.5 Å². The molecule has 4 heteroatoms. The molecule has 1 saturated heterocycles. The molecule has 1 heterocycles. The van der Waals surface area contributed by atoms with Gasteiger partial charge < -0.3 is 10.5 Å². The number of nitrogens with zero attached hydrogens (tertiary/aromatic N) is 1. The van der Waals surface area contributed by atoms with Gasteiger partial charge in [-0.25, -0.2) is 4.39 Å². The summed E-state index contributed by atoms with van der Waals surface area (Å²) in [5, 5.41) is 0. The van der Waals surface area contributed by atoms with Gasteiger partial charge in [0.25, 0.3) is 0 Å². The Hall–Kier alpha value is -0.970. The van der Waals surface area contributed by atoms with E-state index < -0.39 is 0 Å².